The third-order valence-electron chi connectivity index (χ3n) is 4.60. The Morgan fingerprint density at radius 3 is 2.72 bits per heavy atom. The van der Waals surface area contributed by atoms with Crippen LogP contribution in [0.1, 0.15) is 39.0 Å². The van der Waals surface area contributed by atoms with E-state index >= 15 is 0 Å². The van der Waals surface area contributed by atoms with Crippen molar-refractivity contribution >= 4 is 28.8 Å². The van der Waals surface area contributed by atoms with E-state index in [-0.39, 0.29) is 18.4 Å². The Hall–Kier alpha value is -2.14. The van der Waals surface area contributed by atoms with Gasteiger partial charge in [-0.3, -0.25) is 9.59 Å². The number of thiophene rings is 1. The molecule has 3 rings (SSSR count). The second-order valence-corrected chi connectivity index (χ2v) is 8.12. The van der Waals surface area contributed by atoms with E-state index in [4.69, 9.17) is 0 Å². The highest BCUT2D eigenvalue weighted by atomic mass is 32.1. The second kappa shape index (κ2) is 7.40. The molecule has 5 heteroatoms. The summed E-state index contributed by atoms with van der Waals surface area (Å²) in [5.74, 6) is 0.420. The Kier molecular flexibility index (Phi) is 5.23. The average Bonchev–Trinajstić information content (AvgIpc) is 2.99. The minimum Gasteiger partial charge on any atom is -0.332 e. The molecule has 1 N–H and O–H groups in total. The van der Waals surface area contributed by atoms with Gasteiger partial charge in [-0.2, -0.15) is 0 Å². The third kappa shape index (κ3) is 4.28. The molecule has 2 amide bonds. The zero-order valence-electron chi connectivity index (χ0n) is 15.0. The minimum atomic E-state index is -0.186. The molecule has 0 spiro atoms. The number of anilines is 1. The lowest BCUT2D eigenvalue weighted by molar-refractivity contribution is -0.116. The first-order valence-electron chi connectivity index (χ1n) is 8.66. The first kappa shape index (κ1) is 17.7. The number of benzene rings is 1. The predicted molar refractivity (Wildman–Crippen MR) is 102 cm³/mol. The molecule has 0 saturated heterocycles. The average molecular weight is 356 g/mol. The molecule has 1 aromatic heterocycles. The van der Waals surface area contributed by atoms with Crippen LogP contribution in [0.4, 0.5) is 5.69 Å². The number of fused-ring (bicyclic) bond motifs is 1. The topological polar surface area (TPSA) is 49.4 Å². The molecule has 0 unspecified atom stereocenters. The van der Waals surface area contributed by atoms with Crippen molar-refractivity contribution in [1.82, 2.24) is 4.90 Å². The van der Waals surface area contributed by atoms with E-state index in [1.807, 2.05) is 37.3 Å². The van der Waals surface area contributed by atoms with E-state index in [9.17, 15) is 9.59 Å². The molecule has 2 aromatic rings. The molecule has 1 aliphatic carbocycles. The molecule has 1 atom stereocenters. The fourth-order valence-electron chi connectivity index (χ4n) is 3.12. The standard InChI is InChI=1S/C20H24N2O2S/c1-13-4-7-16(8-5-13)21-19(23)12-22(3)20(24)18-11-15-10-14(2)6-9-17(15)25-18/h4-5,7-8,11,14H,6,9-10,12H2,1-3H3,(H,21,23)/t14-/m0/s1. The van der Waals surface area contributed by atoms with Gasteiger partial charge < -0.3 is 10.2 Å². The first-order chi connectivity index (χ1) is 11.9. The van der Waals surface area contributed by atoms with Crippen molar-refractivity contribution in [1.29, 1.82) is 0 Å². The van der Waals surface area contributed by atoms with Crippen LogP contribution in [0.3, 0.4) is 0 Å². The smallest absolute Gasteiger partial charge is 0.264 e. The van der Waals surface area contributed by atoms with Crippen LogP contribution in [0.15, 0.2) is 30.3 Å². The number of carbonyl (C=O) groups excluding carboxylic acids is 2. The van der Waals surface area contributed by atoms with Crippen LogP contribution in [0.2, 0.25) is 0 Å². The zero-order chi connectivity index (χ0) is 18.0. The monoisotopic (exact) mass is 356 g/mol. The summed E-state index contributed by atoms with van der Waals surface area (Å²) < 4.78 is 0. The van der Waals surface area contributed by atoms with Gasteiger partial charge in [0.25, 0.3) is 5.91 Å². The van der Waals surface area contributed by atoms with Crippen molar-refractivity contribution < 1.29 is 9.59 Å². The molecule has 0 saturated carbocycles. The molecule has 0 aliphatic heterocycles. The van der Waals surface area contributed by atoms with Gasteiger partial charge in [-0.1, -0.05) is 24.6 Å². The summed E-state index contributed by atoms with van der Waals surface area (Å²) >= 11 is 1.58. The van der Waals surface area contributed by atoms with E-state index in [1.165, 1.54) is 21.8 Å². The van der Waals surface area contributed by atoms with Crippen molar-refractivity contribution in [2.75, 3.05) is 18.9 Å². The van der Waals surface area contributed by atoms with Crippen LogP contribution in [0.25, 0.3) is 0 Å². The second-order valence-electron chi connectivity index (χ2n) is 6.98. The van der Waals surface area contributed by atoms with Crippen LogP contribution in [-0.2, 0) is 17.6 Å². The zero-order valence-corrected chi connectivity index (χ0v) is 15.8. The summed E-state index contributed by atoms with van der Waals surface area (Å²) in [5.41, 5.74) is 3.20. The SMILES string of the molecule is Cc1ccc(NC(=O)CN(C)C(=O)c2cc3c(s2)CC[C@H](C)C3)cc1. The van der Waals surface area contributed by atoms with Crippen LogP contribution < -0.4 is 5.32 Å². The molecule has 4 nitrogen and oxygen atoms in total. The van der Waals surface area contributed by atoms with Crippen molar-refractivity contribution in [2.24, 2.45) is 5.92 Å². The van der Waals surface area contributed by atoms with Crippen LogP contribution >= 0.6 is 11.3 Å². The lowest BCUT2D eigenvalue weighted by Crippen LogP contribution is -2.34. The van der Waals surface area contributed by atoms with Crippen molar-refractivity contribution in [2.45, 2.75) is 33.1 Å². The van der Waals surface area contributed by atoms with Crippen LogP contribution in [-0.4, -0.2) is 30.3 Å². The van der Waals surface area contributed by atoms with Gasteiger partial charge in [0, 0.05) is 17.6 Å². The number of rotatable bonds is 4. The molecule has 0 radical (unpaired) electrons. The highest BCUT2D eigenvalue weighted by molar-refractivity contribution is 7.14. The molecule has 0 fully saturated rings. The maximum Gasteiger partial charge on any atom is 0.264 e. The number of hydrogen-bond donors (Lipinski definition) is 1. The van der Waals surface area contributed by atoms with Gasteiger partial charge in [-0.15, -0.1) is 11.3 Å². The summed E-state index contributed by atoms with van der Waals surface area (Å²) in [7, 11) is 1.68. The Morgan fingerprint density at radius 1 is 1.28 bits per heavy atom. The maximum atomic E-state index is 12.6. The predicted octanol–water partition coefficient (Wildman–Crippen LogP) is 3.89. The van der Waals surface area contributed by atoms with Crippen LogP contribution in [0.5, 0.6) is 0 Å². The summed E-state index contributed by atoms with van der Waals surface area (Å²) in [6.45, 7) is 4.30. The lowest BCUT2D eigenvalue weighted by atomic mass is 9.90. The largest absolute Gasteiger partial charge is 0.332 e. The molecule has 25 heavy (non-hydrogen) atoms. The van der Waals surface area contributed by atoms with E-state index in [0.29, 0.717) is 5.92 Å². The van der Waals surface area contributed by atoms with Crippen LogP contribution in [0, 0.1) is 12.8 Å². The highest BCUT2D eigenvalue weighted by Crippen LogP contribution is 2.32. The number of aryl methyl sites for hydroxylation is 2. The summed E-state index contributed by atoms with van der Waals surface area (Å²) in [6, 6.07) is 9.64. The van der Waals surface area contributed by atoms with Gasteiger partial charge >= 0.3 is 0 Å². The molecule has 1 heterocycles. The Balaban J connectivity index is 1.60. The lowest BCUT2D eigenvalue weighted by Gasteiger charge is -2.16. The molecule has 1 aliphatic rings. The fraction of sp³-hybridized carbons (Fsp3) is 0.400. The third-order valence-corrected chi connectivity index (χ3v) is 5.83. The molecule has 132 valence electrons. The van der Waals surface area contributed by atoms with Gasteiger partial charge in [0.1, 0.15) is 0 Å². The van der Waals surface area contributed by atoms with Gasteiger partial charge in [-0.25, -0.2) is 0 Å². The van der Waals surface area contributed by atoms with Crippen molar-refractivity contribution in [3.63, 3.8) is 0 Å². The minimum absolute atomic E-state index is 0.0473. The van der Waals surface area contributed by atoms with E-state index in [1.54, 1.807) is 18.4 Å². The molecular formula is C20H24N2O2S. The summed E-state index contributed by atoms with van der Waals surface area (Å²) in [6.07, 6.45) is 3.30. The van der Waals surface area contributed by atoms with E-state index in [2.05, 4.69) is 12.2 Å². The number of carbonyl (C=O) groups is 2. The highest BCUT2D eigenvalue weighted by Gasteiger charge is 2.23. The number of amides is 2. The quantitative estimate of drug-likeness (QED) is 0.903. The van der Waals surface area contributed by atoms with Crippen molar-refractivity contribution in [3.8, 4) is 0 Å². The fourth-order valence-corrected chi connectivity index (χ4v) is 4.33. The van der Waals surface area contributed by atoms with Gasteiger partial charge in [0.15, 0.2) is 0 Å². The molecule has 1 aromatic carbocycles. The van der Waals surface area contributed by atoms with Crippen molar-refractivity contribution in [3.05, 3.63) is 51.2 Å². The van der Waals surface area contributed by atoms with E-state index in [0.717, 1.165) is 29.0 Å². The summed E-state index contributed by atoms with van der Waals surface area (Å²) in [5, 5.41) is 2.83. The van der Waals surface area contributed by atoms with E-state index < -0.39 is 0 Å². The molecule has 0 bridgehead atoms. The maximum absolute atomic E-state index is 12.6. The Morgan fingerprint density at radius 2 is 2.00 bits per heavy atom. The number of nitrogens with one attached hydrogen (secondary N) is 1. The Labute approximate surface area is 152 Å². The van der Waals surface area contributed by atoms with Gasteiger partial charge in [0.2, 0.25) is 5.91 Å². The number of nitrogens with zero attached hydrogens (tertiary/aromatic N) is 1. The summed E-state index contributed by atoms with van der Waals surface area (Å²) in [4.78, 5) is 28.4. The van der Waals surface area contributed by atoms with Gasteiger partial charge in [-0.05, 0) is 55.9 Å². The molecular weight excluding hydrogens is 332 g/mol. The Bertz CT molecular complexity index is 779. The first-order valence-corrected chi connectivity index (χ1v) is 9.47. The number of hydrogen-bond acceptors (Lipinski definition) is 3. The normalized spacial score (nSPS) is 16.2. The number of likely N-dealkylation sites (N-methyl/N-ethyl adjacent to an activating group) is 1. The van der Waals surface area contributed by atoms with Gasteiger partial charge in [0.05, 0.1) is 11.4 Å².